The molecule has 12 heavy (non-hydrogen) atoms. The maximum absolute atomic E-state index is 5.49. The van der Waals surface area contributed by atoms with Gasteiger partial charge in [0.05, 0.1) is 7.11 Å². The predicted octanol–water partition coefficient (Wildman–Crippen LogP) is 1.58. The molecule has 1 aromatic carbocycles. The van der Waals surface area contributed by atoms with Crippen molar-refractivity contribution in [3.05, 3.63) is 29.3 Å². The third kappa shape index (κ3) is 1.93. The summed E-state index contributed by atoms with van der Waals surface area (Å²) in [6, 6.07) is 5.94. The van der Waals surface area contributed by atoms with Gasteiger partial charge in [-0.1, -0.05) is 12.1 Å². The second-order valence-electron chi connectivity index (χ2n) is 2.51. The van der Waals surface area contributed by atoms with Crippen LogP contribution in [0.2, 0.25) is 0 Å². The molecular weight excluding hydrogens is 170 g/mol. The second-order valence-corrected chi connectivity index (χ2v) is 2.82. The number of ether oxygens (including phenoxy) is 1. The van der Waals surface area contributed by atoms with E-state index in [-0.39, 0.29) is 0 Å². The largest absolute Gasteiger partial charge is 0.496 e. The van der Waals surface area contributed by atoms with Gasteiger partial charge < -0.3 is 10.5 Å². The molecule has 0 spiro atoms. The molecule has 1 rings (SSSR count). The van der Waals surface area contributed by atoms with Gasteiger partial charge in [-0.3, -0.25) is 0 Å². The lowest BCUT2D eigenvalue weighted by Gasteiger charge is -2.07. The summed E-state index contributed by atoms with van der Waals surface area (Å²) in [7, 11) is 1.66. The molecule has 3 heteroatoms. The monoisotopic (exact) mass is 183 g/mol. The summed E-state index contributed by atoms with van der Waals surface area (Å²) < 4.78 is 5.17. The molecule has 0 unspecified atom stereocenters. The van der Waals surface area contributed by atoms with E-state index >= 15 is 0 Å². The lowest BCUT2D eigenvalue weighted by molar-refractivity contribution is 0.411. The summed E-state index contributed by atoms with van der Waals surface area (Å²) in [6.07, 6.45) is 0. The molecule has 0 aromatic heterocycles. The maximum atomic E-state index is 5.49. The summed E-state index contributed by atoms with van der Waals surface area (Å²) in [4.78, 5) is 0. The van der Waals surface area contributed by atoms with Gasteiger partial charge >= 0.3 is 0 Å². The first-order chi connectivity index (χ1) is 5.81. The van der Waals surface area contributed by atoms with Crippen molar-refractivity contribution in [3.63, 3.8) is 0 Å². The van der Waals surface area contributed by atoms with Gasteiger partial charge in [0.25, 0.3) is 0 Å². The van der Waals surface area contributed by atoms with Gasteiger partial charge in [0, 0.05) is 17.9 Å². The Morgan fingerprint density at radius 1 is 1.50 bits per heavy atom. The van der Waals surface area contributed by atoms with E-state index in [9.17, 15) is 0 Å². The molecule has 2 nitrogen and oxygen atoms in total. The van der Waals surface area contributed by atoms with E-state index in [1.54, 1.807) is 7.11 Å². The van der Waals surface area contributed by atoms with Crippen molar-refractivity contribution in [2.45, 2.75) is 12.3 Å². The Morgan fingerprint density at radius 2 is 2.25 bits per heavy atom. The van der Waals surface area contributed by atoms with Gasteiger partial charge in [0.2, 0.25) is 0 Å². The first kappa shape index (κ1) is 9.42. The van der Waals surface area contributed by atoms with E-state index in [0.717, 1.165) is 16.9 Å². The van der Waals surface area contributed by atoms with E-state index in [1.165, 1.54) is 0 Å². The zero-order valence-corrected chi connectivity index (χ0v) is 7.97. The van der Waals surface area contributed by atoms with Gasteiger partial charge in [-0.15, -0.1) is 0 Å². The number of thiol groups is 1. The Morgan fingerprint density at radius 3 is 2.75 bits per heavy atom. The van der Waals surface area contributed by atoms with Gasteiger partial charge in [0.1, 0.15) is 5.75 Å². The molecule has 0 bridgehead atoms. The zero-order chi connectivity index (χ0) is 8.97. The van der Waals surface area contributed by atoms with Crippen molar-refractivity contribution < 1.29 is 4.74 Å². The number of nitrogens with two attached hydrogens (primary N) is 1. The number of hydrogen-bond donors (Lipinski definition) is 2. The van der Waals surface area contributed by atoms with Crippen LogP contribution in [0.15, 0.2) is 18.2 Å². The highest BCUT2D eigenvalue weighted by molar-refractivity contribution is 7.79. The maximum Gasteiger partial charge on any atom is 0.123 e. The fourth-order valence-corrected chi connectivity index (χ4v) is 1.31. The van der Waals surface area contributed by atoms with Crippen molar-refractivity contribution in [3.8, 4) is 5.75 Å². The Hall–Kier alpha value is -0.670. The average Bonchev–Trinajstić information content (AvgIpc) is 2.16. The minimum Gasteiger partial charge on any atom is -0.496 e. The standard InChI is InChI=1S/C9H13NOS/c1-11-9-4-7(5-10)2-3-8(9)6-12/h2-4,12H,5-6,10H2,1H3. The molecule has 0 saturated carbocycles. The second kappa shape index (κ2) is 4.38. The van der Waals surface area contributed by atoms with Crippen molar-refractivity contribution in [1.82, 2.24) is 0 Å². The summed E-state index contributed by atoms with van der Waals surface area (Å²) in [5.74, 6) is 1.56. The fourth-order valence-electron chi connectivity index (χ4n) is 1.05. The molecule has 0 saturated heterocycles. The van der Waals surface area contributed by atoms with Crippen LogP contribution >= 0.6 is 12.6 Å². The van der Waals surface area contributed by atoms with Crippen LogP contribution in [0.3, 0.4) is 0 Å². The van der Waals surface area contributed by atoms with Crippen molar-refractivity contribution in [1.29, 1.82) is 0 Å². The van der Waals surface area contributed by atoms with E-state index in [0.29, 0.717) is 12.3 Å². The number of methoxy groups -OCH3 is 1. The van der Waals surface area contributed by atoms with Crippen LogP contribution in [-0.4, -0.2) is 7.11 Å². The van der Waals surface area contributed by atoms with Crippen LogP contribution in [-0.2, 0) is 12.3 Å². The van der Waals surface area contributed by atoms with E-state index in [2.05, 4.69) is 12.6 Å². The Bertz CT molecular complexity index is 263. The highest BCUT2D eigenvalue weighted by Gasteiger charge is 2.00. The first-order valence-electron chi connectivity index (χ1n) is 3.78. The average molecular weight is 183 g/mol. The van der Waals surface area contributed by atoms with E-state index < -0.39 is 0 Å². The molecule has 0 radical (unpaired) electrons. The van der Waals surface area contributed by atoms with Crippen LogP contribution < -0.4 is 10.5 Å². The van der Waals surface area contributed by atoms with Gasteiger partial charge in [0.15, 0.2) is 0 Å². The SMILES string of the molecule is COc1cc(CN)ccc1CS. The van der Waals surface area contributed by atoms with Crippen LogP contribution in [0.1, 0.15) is 11.1 Å². The topological polar surface area (TPSA) is 35.2 Å². The third-order valence-electron chi connectivity index (χ3n) is 1.76. The molecule has 0 aliphatic heterocycles. The molecule has 0 fully saturated rings. The Kier molecular flexibility index (Phi) is 3.44. The molecule has 0 amide bonds. The van der Waals surface area contributed by atoms with E-state index in [4.69, 9.17) is 10.5 Å². The Labute approximate surface area is 78.1 Å². The quantitative estimate of drug-likeness (QED) is 0.698. The van der Waals surface area contributed by atoms with Crippen LogP contribution in [0.25, 0.3) is 0 Å². The van der Waals surface area contributed by atoms with Gasteiger partial charge in [-0.05, 0) is 11.6 Å². The van der Waals surface area contributed by atoms with Crippen molar-refractivity contribution in [2.24, 2.45) is 5.73 Å². The number of rotatable bonds is 3. The molecule has 2 N–H and O–H groups in total. The first-order valence-corrected chi connectivity index (χ1v) is 4.41. The van der Waals surface area contributed by atoms with Crippen LogP contribution in [0.4, 0.5) is 0 Å². The molecule has 0 aliphatic rings. The summed E-state index contributed by atoms with van der Waals surface area (Å²) in [5.41, 5.74) is 7.67. The van der Waals surface area contributed by atoms with Crippen LogP contribution in [0.5, 0.6) is 5.75 Å². The molecular formula is C9H13NOS. The highest BCUT2D eigenvalue weighted by atomic mass is 32.1. The molecule has 0 atom stereocenters. The molecule has 66 valence electrons. The Balaban J connectivity index is 3.02. The third-order valence-corrected chi connectivity index (χ3v) is 2.10. The number of benzene rings is 1. The van der Waals surface area contributed by atoms with Crippen LogP contribution in [0, 0.1) is 0 Å². The predicted molar refractivity (Wildman–Crippen MR) is 53.6 cm³/mol. The lowest BCUT2D eigenvalue weighted by Crippen LogP contribution is -1.98. The van der Waals surface area contributed by atoms with Crippen molar-refractivity contribution in [2.75, 3.05) is 7.11 Å². The van der Waals surface area contributed by atoms with Gasteiger partial charge in [-0.25, -0.2) is 0 Å². The van der Waals surface area contributed by atoms with Crippen molar-refractivity contribution >= 4 is 12.6 Å². The summed E-state index contributed by atoms with van der Waals surface area (Å²) in [5, 5.41) is 0. The fraction of sp³-hybridized carbons (Fsp3) is 0.333. The minimum atomic E-state index is 0.545. The van der Waals surface area contributed by atoms with E-state index in [1.807, 2.05) is 18.2 Å². The molecule has 0 aliphatic carbocycles. The minimum absolute atomic E-state index is 0.545. The molecule has 0 heterocycles. The zero-order valence-electron chi connectivity index (χ0n) is 7.08. The summed E-state index contributed by atoms with van der Waals surface area (Å²) >= 11 is 4.19. The number of hydrogen-bond acceptors (Lipinski definition) is 3. The van der Waals surface area contributed by atoms with Gasteiger partial charge in [-0.2, -0.15) is 12.6 Å². The molecule has 1 aromatic rings. The lowest BCUT2D eigenvalue weighted by atomic mass is 10.1. The summed E-state index contributed by atoms with van der Waals surface area (Å²) in [6.45, 7) is 0.545. The smallest absolute Gasteiger partial charge is 0.123 e. The highest BCUT2D eigenvalue weighted by Crippen LogP contribution is 2.21. The normalized spacial score (nSPS) is 9.92.